The largest absolute Gasteiger partial charge is 0.493 e. The molecule has 94 valence electrons. The third-order valence-electron chi connectivity index (χ3n) is 2.78. The molecule has 2 rings (SSSR count). The average molecular weight is 242 g/mol. The van der Waals surface area contributed by atoms with Gasteiger partial charge in [0.05, 0.1) is 6.61 Å². The van der Waals surface area contributed by atoms with Gasteiger partial charge in [-0.3, -0.25) is 0 Å². The topological polar surface area (TPSA) is 29.5 Å². The molecule has 0 aliphatic heterocycles. The van der Waals surface area contributed by atoms with Crippen LogP contribution in [0.5, 0.6) is 5.75 Å². The van der Waals surface area contributed by atoms with Gasteiger partial charge in [0.15, 0.2) is 0 Å². The van der Waals surface area contributed by atoms with Gasteiger partial charge in [-0.15, -0.1) is 0 Å². The highest BCUT2D eigenvalue weighted by atomic mass is 16.5. The molecule has 0 aliphatic carbocycles. The predicted molar refractivity (Wildman–Crippen MR) is 73.7 cm³/mol. The van der Waals surface area contributed by atoms with Crippen LogP contribution in [0.15, 0.2) is 54.6 Å². The van der Waals surface area contributed by atoms with Crippen LogP contribution in [0.25, 0.3) is 11.1 Å². The van der Waals surface area contributed by atoms with E-state index in [1.807, 2.05) is 36.4 Å². The Labute approximate surface area is 108 Å². The van der Waals surface area contributed by atoms with E-state index in [0.29, 0.717) is 6.61 Å². The van der Waals surface area contributed by atoms with Crippen molar-refractivity contribution in [2.75, 3.05) is 13.2 Å². The van der Waals surface area contributed by atoms with E-state index >= 15 is 0 Å². The van der Waals surface area contributed by atoms with Gasteiger partial charge in [0.2, 0.25) is 0 Å². The van der Waals surface area contributed by atoms with Crippen LogP contribution in [0.4, 0.5) is 0 Å². The molecule has 0 spiro atoms. The molecule has 0 aliphatic rings. The van der Waals surface area contributed by atoms with E-state index in [1.165, 1.54) is 0 Å². The van der Waals surface area contributed by atoms with E-state index in [1.54, 1.807) is 0 Å². The van der Waals surface area contributed by atoms with E-state index in [9.17, 15) is 0 Å². The zero-order valence-corrected chi connectivity index (χ0v) is 10.4. The number of aliphatic hydroxyl groups excluding tert-OH is 1. The van der Waals surface area contributed by atoms with Crippen molar-refractivity contribution in [3.05, 3.63) is 54.6 Å². The lowest BCUT2D eigenvalue weighted by Gasteiger charge is -2.11. The third kappa shape index (κ3) is 3.34. The predicted octanol–water partition coefficient (Wildman–Crippen LogP) is 3.50. The van der Waals surface area contributed by atoms with Gasteiger partial charge in [-0.1, -0.05) is 48.5 Å². The highest BCUT2D eigenvalue weighted by Crippen LogP contribution is 2.29. The lowest BCUT2D eigenvalue weighted by Crippen LogP contribution is -1.99. The molecule has 18 heavy (non-hydrogen) atoms. The smallest absolute Gasteiger partial charge is 0.127 e. The van der Waals surface area contributed by atoms with E-state index < -0.39 is 0 Å². The maximum absolute atomic E-state index is 8.74. The first-order valence-corrected chi connectivity index (χ1v) is 6.30. The Morgan fingerprint density at radius 1 is 0.833 bits per heavy atom. The minimum absolute atomic E-state index is 0.226. The number of para-hydroxylation sites is 1. The van der Waals surface area contributed by atoms with E-state index in [0.717, 1.165) is 29.7 Å². The molecule has 0 amide bonds. The van der Waals surface area contributed by atoms with Crippen LogP contribution in [0, 0.1) is 0 Å². The van der Waals surface area contributed by atoms with Crippen LogP contribution in [-0.4, -0.2) is 18.3 Å². The molecule has 2 heteroatoms. The van der Waals surface area contributed by atoms with Crippen LogP contribution < -0.4 is 4.74 Å². The third-order valence-corrected chi connectivity index (χ3v) is 2.78. The van der Waals surface area contributed by atoms with Crippen LogP contribution in [0.2, 0.25) is 0 Å². The zero-order valence-electron chi connectivity index (χ0n) is 10.4. The maximum atomic E-state index is 8.74. The van der Waals surface area contributed by atoms with Crippen molar-refractivity contribution in [1.29, 1.82) is 0 Å². The summed E-state index contributed by atoms with van der Waals surface area (Å²) in [6, 6.07) is 18.3. The van der Waals surface area contributed by atoms with E-state index in [-0.39, 0.29) is 6.61 Å². The Hall–Kier alpha value is -1.80. The fourth-order valence-electron chi connectivity index (χ4n) is 1.84. The monoisotopic (exact) mass is 242 g/mol. The van der Waals surface area contributed by atoms with Crippen molar-refractivity contribution in [1.82, 2.24) is 0 Å². The molecule has 0 fully saturated rings. The van der Waals surface area contributed by atoms with Gasteiger partial charge in [-0.25, -0.2) is 0 Å². The number of ether oxygens (including phenoxy) is 1. The van der Waals surface area contributed by atoms with Crippen molar-refractivity contribution in [2.45, 2.75) is 12.8 Å². The molecule has 0 aromatic heterocycles. The molecule has 2 aromatic carbocycles. The van der Waals surface area contributed by atoms with Crippen molar-refractivity contribution in [3.63, 3.8) is 0 Å². The quantitative estimate of drug-likeness (QED) is 0.785. The Morgan fingerprint density at radius 3 is 2.33 bits per heavy atom. The average Bonchev–Trinajstić information content (AvgIpc) is 2.45. The Balaban J connectivity index is 2.11. The summed E-state index contributed by atoms with van der Waals surface area (Å²) in [5, 5.41) is 8.74. The van der Waals surface area contributed by atoms with Crippen LogP contribution in [-0.2, 0) is 0 Å². The second-order valence-corrected chi connectivity index (χ2v) is 4.14. The fourth-order valence-corrected chi connectivity index (χ4v) is 1.84. The molecule has 0 unspecified atom stereocenters. The summed E-state index contributed by atoms with van der Waals surface area (Å²) >= 11 is 0. The molecule has 0 bridgehead atoms. The summed E-state index contributed by atoms with van der Waals surface area (Å²) < 4.78 is 5.78. The van der Waals surface area contributed by atoms with E-state index in [4.69, 9.17) is 9.84 Å². The van der Waals surface area contributed by atoms with Gasteiger partial charge in [0, 0.05) is 12.2 Å². The number of hydrogen-bond acceptors (Lipinski definition) is 2. The maximum Gasteiger partial charge on any atom is 0.127 e. The van der Waals surface area contributed by atoms with Crippen molar-refractivity contribution in [3.8, 4) is 16.9 Å². The molecular weight excluding hydrogens is 224 g/mol. The van der Waals surface area contributed by atoms with Gasteiger partial charge in [-0.05, 0) is 24.5 Å². The van der Waals surface area contributed by atoms with Crippen LogP contribution >= 0.6 is 0 Å². The van der Waals surface area contributed by atoms with Gasteiger partial charge in [0.1, 0.15) is 5.75 Å². The highest BCUT2D eigenvalue weighted by Gasteiger charge is 2.04. The molecule has 0 saturated carbocycles. The van der Waals surface area contributed by atoms with Crippen LogP contribution in [0.1, 0.15) is 12.8 Å². The standard InChI is InChI=1S/C16H18O2/c17-12-6-7-13-18-16-11-5-4-10-15(16)14-8-2-1-3-9-14/h1-5,8-11,17H,6-7,12-13H2. The summed E-state index contributed by atoms with van der Waals surface area (Å²) in [6.07, 6.45) is 1.66. The fraction of sp³-hybridized carbons (Fsp3) is 0.250. The van der Waals surface area contributed by atoms with Gasteiger partial charge in [-0.2, -0.15) is 0 Å². The molecule has 0 saturated heterocycles. The van der Waals surface area contributed by atoms with Crippen LogP contribution in [0.3, 0.4) is 0 Å². The summed E-state index contributed by atoms with van der Waals surface area (Å²) in [7, 11) is 0. The summed E-state index contributed by atoms with van der Waals surface area (Å²) in [4.78, 5) is 0. The molecular formula is C16H18O2. The first-order chi connectivity index (χ1) is 8.92. The minimum atomic E-state index is 0.226. The van der Waals surface area contributed by atoms with Gasteiger partial charge in [0.25, 0.3) is 0 Å². The SMILES string of the molecule is OCCCCOc1ccccc1-c1ccccc1. The summed E-state index contributed by atoms with van der Waals surface area (Å²) in [6.45, 7) is 0.869. The Bertz CT molecular complexity index is 466. The number of unbranched alkanes of at least 4 members (excludes halogenated alkanes) is 1. The van der Waals surface area contributed by atoms with Crippen molar-refractivity contribution in [2.24, 2.45) is 0 Å². The molecule has 1 N–H and O–H groups in total. The number of rotatable bonds is 6. The van der Waals surface area contributed by atoms with Gasteiger partial charge >= 0.3 is 0 Å². The summed E-state index contributed by atoms with van der Waals surface area (Å²) in [5.41, 5.74) is 2.28. The van der Waals surface area contributed by atoms with Crippen molar-refractivity contribution >= 4 is 0 Å². The second kappa shape index (κ2) is 6.82. The molecule has 0 radical (unpaired) electrons. The van der Waals surface area contributed by atoms with Crippen molar-refractivity contribution < 1.29 is 9.84 Å². The summed E-state index contributed by atoms with van der Waals surface area (Å²) in [5.74, 6) is 0.904. The molecule has 0 heterocycles. The highest BCUT2D eigenvalue weighted by molar-refractivity contribution is 5.70. The lowest BCUT2D eigenvalue weighted by atomic mass is 10.1. The Kier molecular flexibility index (Phi) is 4.79. The molecule has 2 aromatic rings. The first kappa shape index (κ1) is 12.7. The zero-order chi connectivity index (χ0) is 12.6. The lowest BCUT2D eigenvalue weighted by molar-refractivity contribution is 0.253. The first-order valence-electron chi connectivity index (χ1n) is 6.30. The van der Waals surface area contributed by atoms with Gasteiger partial charge < -0.3 is 9.84 Å². The number of aliphatic hydroxyl groups is 1. The molecule has 0 atom stereocenters. The Morgan fingerprint density at radius 2 is 1.56 bits per heavy atom. The second-order valence-electron chi connectivity index (χ2n) is 4.14. The number of benzene rings is 2. The minimum Gasteiger partial charge on any atom is -0.493 e. The number of hydrogen-bond donors (Lipinski definition) is 1. The molecule has 2 nitrogen and oxygen atoms in total. The normalized spacial score (nSPS) is 10.3. The van der Waals surface area contributed by atoms with E-state index in [2.05, 4.69) is 18.2 Å².